The Hall–Kier alpha value is 0.960. The van der Waals surface area contributed by atoms with Gasteiger partial charge in [0.05, 0.1) is 0 Å². The second-order valence-corrected chi connectivity index (χ2v) is 5.38. The first kappa shape index (κ1) is 15.0. The summed E-state index contributed by atoms with van der Waals surface area (Å²) < 4.78 is 0. The molecule has 0 aromatic carbocycles. The molecule has 0 aliphatic carbocycles. The van der Waals surface area contributed by atoms with E-state index in [9.17, 15) is 0 Å². The minimum Gasteiger partial charge on any atom is -0.0925 e. The molecule has 0 saturated carbocycles. The molecule has 14 heavy (non-hydrogen) atoms. The Balaban J connectivity index is 3.04. The molecular weight excluding hydrogens is 304 g/mol. The highest BCUT2D eigenvalue weighted by Gasteiger charge is 2.03. The third kappa shape index (κ3) is 9.51. The lowest BCUT2D eigenvalue weighted by atomic mass is 10.0. The molecule has 0 aliphatic rings. The fourth-order valence-electron chi connectivity index (χ4n) is 1.59. The van der Waals surface area contributed by atoms with Crippen molar-refractivity contribution in [3.63, 3.8) is 0 Å². The van der Waals surface area contributed by atoms with Crippen LogP contribution in [0.3, 0.4) is 0 Å². The normalized spacial score (nSPS) is 11.1. The van der Waals surface area contributed by atoms with E-state index in [-0.39, 0.29) is 0 Å². The van der Waals surface area contributed by atoms with E-state index in [1.807, 2.05) is 0 Å². The number of alkyl halides is 2. The molecule has 0 atom stereocenters. The molecule has 86 valence electrons. The number of unbranched alkanes of at least 4 members (excludes halogenated alkanes) is 6. The van der Waals surface area contributed by atoms with Gasteiger partial charge in [-0.3, -0.25) is 0 Å². The molecule has 0 radical (unpaired) electrons. The smallest absolute Gasteiger partial charge is 0.00676 e. The molecule has 0 fully saturated rings. The summed E-state index contributed by atoms with van der Waals surface area (Å²) in [4.78, 5) is 0. The molecule has 0 heterocycles. The average Bonchev–Trinajstić information content (AvgIpc) is 2.22. The summed E-state index contributed by atoms with van der Waals surface area (Å²) in [5.41, 5.74) is 0. The molecule has 0 aromatic rings. The van der Waals surface area contributed by atoms with Crippen LogP contribution < -0.4 is 0 Å². The van der Waals surface area contributed by atoms with Crippen molar-refractivity contribution in [2.24, 2.45) is 5.92 Å². The first-order chi connectivity index (χ1) is 6.85. The van der Waals surface area contributed by atoms with Crippen LogP contribution in [0.2, 0.25) is 0 Å². The Labute approximate surface area is 106 Å². The van der Waals surface area contributed by atoms with E-state index in [0.29, 0.717) is 0 Å². The fraction of sp³-hybridized carbons (Fsp3) is 1.00. The van der Waals surface area contributed by atoms with Gasteiger partial charge in [-0.15, -0.1) is 0 Å². The lowest BCUT2D eigenvalue weighted by molar-refractivity contribution is 0.523. The van der Waals surface area contributed by atoms with Crippen LogP contribution in [0.15, 0.2) is 0 Å². The molecule has 0 aliphatic heterocycles. The summed E-state index contributed by atoms with van der Waals surface area (Å²) in [7, 11) is 0. The average molecular weight is 328 g/mol. The third-order valence-electron chi connectivity index (χ3n) is 2.65. The van der Waals surface area contributed by atoms with Gasteiger partial charge in [0.15, 0.2) is 0 Å². The Kier molecular flexibility index (Phi) is 12.9. The quantitative estimate of drug-likeness (QED) is 0.365. The first-order valence-corrected chi connectivity index (χ1v) is 8.21. The van der Waals surface area contributed by atoms with E-state index in [4.69, 9.17) is 0 Å². The maximum atomic E-state index is 3.55. The molecule has 0 rings (SSSR count). The second kappa shape index (κ2) is 12.0. The van der Waals surface area contributed by atoms with Crippen LogP contribution in [0.25, 0.3) is 0 Å². The van der Waals surface area contributed by atoms with E-state index in [2.05, 4.69) is 38.8 Å². The molecule has 0 amide bonds. The lowest BCUT2D eigenvalue weighted by Crippen LogP contribution is -2.02. The molecule has 0 nitrogen and oxygen atoms in total. The van der Waals surface area contributed by atoms with Crippen LogP contribution in [0.1, 0.15) is 58.3 Å². The van der Waals surface area contributed by atoms with Gasteiger partial charge in [0.1, 0.15) is 0 Å². The van der Waals surface area contributed by atoms with Crippen molar-refractivity contribution in [3.8, 4) is 0 Å². The molecule has 0 bridgehead atoms. The van der Waals surface area contributed by atoms with Crippen LogP contribution >= 0.6 is 31.9 Å². The van der Waals surface area contributed by atoms with Gasteiger partial charge in [-0.25, -0.2) is 0 Å². The standard InChI is InChI=1S/C12H24Br2/c1-2-3-4-5-6-7-8-9-12(10-13)11-14/h12H,2-11H2,1H3. The summed E-state index contributed by atoms with van der Waals surface area (Å²) in [6.07, 6.45) is 11.3. The van der Waals surface area contributed by atoms with Crippen molar-refractivity contribution in [1.82, 2.24) is 0 Å². The second-order valence-electron chi connectivity index (χ2n) is 4.08. The molecule has 2 heteroatoms. The largest absolute Gasteiger partial charge is 0.0925 e. The van der Waals surface area contributed by atoms with E-state index in [1.54, 1.807) is 0 Å². The highest BCUT2D eigenvalue weighted by atomic mass is 79.9. The van der Waals surface area contributed by atoms with Crippen molar-refractivity contribution in [3.05, 3.63) is 0 Å². The fourth-order valence-corrected chi connectivity index (χ4v) is 3.31. The maximum Gasteiger partial charge on any atom is 0.00676 e. The molecule has 0 unspecified atom stereocenters. The number of rotatable bonds is 10. The molecule has 0 N–H and O–H groups in total. The summed E-state index contributed by atoms with van der Waals surface area (Å²) in [6.45, 7) is 2.27. The molecular formula is C12H24Br2. The molecule has 0 aromatic heterocycles. The summed E-state index contributed by atoms with van der Waals surface area (Å²) >= 11 is 7.10. The number of hydrogen-bond donors (Lipinski definition) is 0. The number of hydrogen-bond acceptors (Lipinski definition) is 0. The topological polar surface area (TPSA) is 0 Å². The van der Waals surface area contributed by atoms with Crippen molar-refractivity contribution in [2.45, 2.75) is 58.3 Å². The summed E-state index contributed by atoms with van der Waals surface area (Å²) in [6, 6.07) is 0. The zero-order chi connectivity index (χ0) is 10.6. The van der Waals surface area contributed by atoms with Gasteiger partial charge in [-0.1, -0.05) is 83.7 Å². The van der Waals surface area contributed by atoms with Crippen molar-refractivity contribution < 1.29 is 0 Å². The molecule has 0 saturated heterocycles. The summed E-state index contributed by atoms with van der Waals surface area (Å²) in [5, 5.41) is 2.29. The Morgan fingerprint density at radius 2 is 1.29 bits per heavy atom. The first-order valence-electron chi connectivity index (χ1n) is 5.97. The highest BCUT2D eigenvalue weighted by molar-refractivity contribution is 9.09. The minimum atomic E-state index is 0.839. The van der Waals surface area contributed by atoms with E-state index >= 15 is 0 Å². The van der Waals surface area contributed by atoms with Crippen LogP contribution in [0.4, 0.5) is 0 Å². The molecule has 0 spiro atoms. The zero-order valence-electron chi connectivity index (χ0n) is 9.40. The van der Waals surface area contributed by atoms with Crippen LogP contribution in [-0.2, 0) is 0 Å². The van der Waals surface area contributed by atoms with Gasteiger partial charge in [0, 0.05) is 10.7 Å². The minimum absolute atomic E-state index is 0.839. The van der Waals surface area contributed by atoms with Crippen molar-refractivity contribution in [1.29, 1.82) is 0 Å². The van der Waals surface area contributed by atoms with Gasteiger partial charge in [0.25, 0.3) is 0 Å². The van der Waals surface area contributed by atoms with Crippen LogP contribution in [0, 0.1) is 5.92 Å². The van der Waals surface area contributed by atoms with Crippen LogP contribution in [0.5, 0.6) is 0 Å². The lowest BCUT2D eigenvalue weighted by Gasteiger charge is -2.09. The Morgan fingerprint density at radius 1 is 0.786 bits per heavy atom. The SMILES string of the molecule is CCCCCCCCCC(CBr)CBr. The monoisotopic (exact) mass is 326 g/mol. The van der Waals surface area contributed by atoms with Gasteiger partial charge < -0.3 is 0 Å². The van der Waals surface area contributed by atoms with Gasteiger partial charge >= 0.3 is 0 Å². The predicted molar refractivity (Wildman–Crippen MR) is 73.7 cm³/mol. The van der Waals surface area contributed by atoms with Crippen molar-refractivity contribution >= 4 is 31.9 Å². The van der Waals surface area contributed by atoms with Gasteiger partial charge in [-0.05, 0) is 12.3 Å². The van der Waals surface area contributed by atoms with Crippen LogP contribution in [-0.4, -0.2) is 10.7 Å². The van der Waals surface area contributed by atoms with Gasteiger partial charge in [0.2, 0.25) is 0 Å². The third-order valence-corrected chi connectivity index (χ3v) is 4.48. The summed E-state index contributed by atoms with van der Waals surface area (Å²) in [5.74, 6) is 0.839. The Morgan fingerprint density at radius 3 is 1.79 bits per heavy atom. The predicted octanol–water partition coefficient (Wildman–Crippen LogP) is 5.53. The van der Waals surface area contributed by atoms with E-state index < -0.39 is 0 Å². The maximum absolute atomic E-state index is 3.55. The van der Waals surface area contributed by atoms with E-state index in [0.717, 1.165) is 16.6 Å². The Bertz CT molecular complexity index is 100. The van der Waals surface area contributed by atoms with Gasteiger partial charge in [-0.2, -0.15) is 0 Å². The van der Waals surface area contributed by atoms with E-state index in [1.165, 1.54) is 51.4 Å². The highest BCUT2D eigenvalue weighted by Crippen LogP contribution is 2.16. The zero-order valence-corrected chi connectivity index (χ0v) is 12.6. The van der Waals surface area contributed by atoms with Crippen molar-refractivity contribution in [2.75, 3.05) is 10.7 Å². The number of halogens is 2.